The molecule has 2 unspecified atom stereocenters. The number of carbonyl (C=O) groups excluding carboxylic acids is 2. The van der Waals surface area contributed by atoms with Crippen molar-refractivity contribution in [1.29, 1.82) is 0 Å². The Kier molecular flexibility index (Phi) is 8.95. The molecular formula is C25H25ClN9O5S3+. The minimum atomic E-state index is -1.26. The van der Waals surface area contributed by atoms with Gasteiger partial charge in [0, 0.05) is 21.9 Å². The molecule has 1 saturated heterocycles. The number of aromatic nitrogens is 3. The van der Waals surface area contributed by atoms with Crippen LogP contribution in [0.3, 0.4) is 0 Å². The Morgan fingerprint density at radius 3 is 2.67 bits per heavy atom. The number of fused-ring (bicyclic) bond motifs is 1. The third-order valence-electron chi connectivity index (χ3n) is 6.23. The number of carboxylic acids is 1. The first-order valence-electron chi connectivity index (χ1n) is 12.6. The van der Waals surface area contributed by atoms with Crippen LogP contribution in [0.5, 0.6) is 0 Å². The quantitative estimate of drug-likeness (QED) is 0.0521. The predicted octanol–water partition coefficient (Wildman–Crippen LogP) is 1.49. The van der Waals surface area contributed by atoms with E-state index < -0.39 is 29.2 Å². The molecule has 2 amide bonds. The van der Waals surface area contributed by atoms with Gasteiger partial charge in [-0.25, -0.2) is 9.78 Å². The number of benzene rings is 1. The molecule has 4 heterocycles. The second kappa shape index (κ2) is 12.7. The molecule has 1 fully saturated rings. The van der Waals surface area contributed by atoms with Crippen molar-refractivity contribution in [2.24, 2.45) is 5.16 Å². The average Bonchev–Trinajstić information content (AvgIpc) is 3.40. The smallest absolute Gasteiger partial charge is 0.352 e. The Balaban J connectivity index is 1.36. The number of nitrogens with zero attached hydrogens (tertiary/aromatic N) is 5. The van der Waals surface area contributed by atoms with Gasteiger partial charge in [0.15, 0.2) is 10.8 Å². The van der Waals surface area contributed by atoms with E-state index in [0.29, 0.717) is 27.3 Å². The van der Waals surface area contributed by atoms with E-state index in [1.165, 1.54) is 34.5 Å². The molecule has 5 rings (SSSR count). The molecule has 2 atom stereocenters. The second-order valence-corrected chi connectivity index (χ2v) is 12.4. The number of aliphatic carboxylic acids is 1. The number of carboxylic acid groups (broad SMARTS) is 1. The standard InChI is InChI=1S/C25H24ClN9O5S3/c1-2-40-33-17(14-10-42-24(29)30-14)20(36)32-18-21(37)35-19(23(38)39)11(8-41-22(18)35)9-43-25-31-15(27)7-16(28)34(25)13-5-3-12(26)4-6-13/h3-7,10,18,22H,2,8-9H2,1H3,(H7,27,28,29,30,32,36,38,39)/p+1/b33-17-. The van der Waals surface area contributed by atoms with Crippen LogP contribution in [0.4, 0.5) is 16.8 Å². The van der Waals surface area contributed by atoms with E-state index in [1.54, 1.807) is 41.1 Å². The summed E-state index contributed by atoms with van der Waals surface area (Å²) in [5.74, 6) is -1.54. The van der Waals surface area contributed by atoms with Crippen LogP contribution in [-0.2, 0) is 19.2 Å². The first-order valence-corrected chi connectivity index (χ1v) is 15.9. The van der Waals surface area contributed by atoms with Crippen molar-refractivity contribution in [2.75, 3.05) is 35.3 Å². The number of oxime groups is 1. The summed E-state index contributed by atoms with van der Waals surface area (Å²) in [5.41, 5.74) is 19.0. The molecule has 8 N–H and O–H groups in total. The molecule has 0 saturated carbocycles. The summed E-state index contributed by atoms with van der Waals surface area (Å²) in [6, 6.07) is 7.49. The Hall–Kier alpha value is -4.06. The van der Waals surface area contributed by atoms with Gasteiger partial charge in [-0.1, -0.05) is 21.7 Å². The highest BCUT2D eigenvalue weighted by Crippen LogP contribution is 2.41. The van der Waals surface area contributed by atoms with Crippen LogP contribution in [0.1, 0.15) is 12.6 Å². The lowest BCUT2D eigenvalue weighted by Crippen LogP contribution is -2.71. The van der Waals surface area contributed by atoms with E-state index in [2.05, 4.69) is 20.4 Å². The molecule has 2 aliphatic rings. The Morgan fingerprint density at radius 1 is 1.28 bits per heavy atom. The zero-order valence-electron chi connectivity index (χ0n) is 22.4. The number of nitrogens with two attached hydrogens (primary N) is 3. The van der Waals surface area contributed by atoms with Gasteiger partial charge >= 0.3 is 11.1 Å². The number of β-lactam (4-membered cyclic amide) rings is 1. The summed E-state index contributed by atoms with van der Waals surface area (Å²) in [6.07, 6.45) is 0. The van der Waals surface area contributed by atoms with Crippen LogP contribution in [0.25, 0.3) is 5.69 Å². The molecule has 43 heavy (non-hydrogen) atoms. The summed E-state index contributed by atoms with van der Waals surface area (Å²) in [7, 11) is 0. The fraction of sp³-hybridized carbons (Fsp3) is 0.240. The normalized spacial score (nSPS) is 18.2. The van der Waals surface area contributed by atoms with E-state index in [4.69, 9.17) is 33.6 Å². The summed E-state index contributed by atoms with van der Waals surface area (Å²) in [6.45, 7) is 1.90. The molecule has 18 heteroatoms. The van der Waals surface area contributed by atoms with Crippen LogP contribution in [-0.4, -0.2) is 73.0 Å². The number of thioether (sulfide) groups is 2. The maximum atomic E-state index is 13.2. The largest absolute Gasteiger partial charge is 0.477 e. The van der Waals surface area contributed by atoms with Crippen molar-refractivity contribution < 1.29 is 28.9 Å². The molecule has 1 aromatic carbocycles. The van der Waals surface area contributed by atoms with Gasteiger partial charge in [-0.15, -0.1) is 23.1 Å². The van der Waals surface area contributed by atoms with Crippen molar-refractivity contribution >= 4 is 86.7 Å². The molecular weight excluding hydrogens is 638 g/mol. The van der Waals surface area contributed by atoms with E-state index in [1.807, 2.05) is 0 Å². The first-order chi connectivity index (χ1) is 20.6. The fourth-order valence-electron chi connectivity index (χ4n) is 4.35. The van der Waals surface area contributed by atoms with E-state index in [0.717, 1.165) is 11.3 Å². The number of nitrogens with one attached hydrogen (secondary N) is 1. The summed E-state index contributed by atoms with van der Waals surface area (Å²) in [5, 5.41) is 18.7. The van der Waals surface area contributed by atoms with Gasteiger partial charge in [-0.05, 0) is 48.5 Å². The van der Waals surface area contributed by atoms with Gasteiger partial charge in [0.05, 0.1) is 6.07 Å². The number of nitrogen functional groups attached to an aromatic ring is 3. The van der Waals surface area contributed by atoms with Gasteiger partial charge in [-0.2, -0.15) is 4.57 Å². The van der Waals surface area contributed by atoms with Crippen LogP contribution in [0, 0.1) is 0 Å². The highest BCUT2D eigenvalue weighted by Gasteiger charge is 2.54. The van der Waals surface area contributed by atoms with E-state index in [-0.39, 0.29) is 46.2 Å². The lowest BCUT2D eigenvalue weighted by molar-refractivity contribution is -0.626. The van der Waals surface area contributed by atoms with E-state index in [9.17, 15) is 19.5 Å². The molecule has 0 bridgehead atoms. The minimum absolute atomic E-state index is 0.142. The molecule has 2 aliphatic heterocycles. The molecule has 0 radical (unpaired) electrons. The number of carbonyl (C=O) groups is 3. The summed E-state index contributed by atoms with van der Waals surface area (Å²) < 4.78 is 1.68. The van der Waals surface area contributed by atoms with Gasteiger partial charge in [0.1, 0.15) is 35.1 Å². The Labute approximate surface area is 262 Å². The molecule has 0 aliphatic carbocycles. The average molecular weight is 663 g/mol. The van der Waals surface area contributed by atoms with E-state index >= 15 is 0 Å². The van der Waals surface area contributed by atoms with Crippen LogP contribution in [0.2, 0.25) is 5.02 Å². The fourth-order valence-corrected chi connectivity index (χ4v) is 7.55. The van der Waals surface area contributed by atoms with Gasteiger partial charge in [0.25, 0.3) is 11.8 Å². The van der Waals surface area contributed by atoms with Crippen LogP contribution in [0.15, 0.2) is 57.3 Å². The van der Waals surface area contributed by atoms with Crippen molar-refractivity contribution in [3.8, 4) is 5.69 Å². The number of thiazole rings is 1. The zero-order valence-corrected chi connectivity index (χ0v) is 25.6. The van der Waals surface area contributed by atoms with Crippen molar-refractivity contribution in [3.05, 3.63) is 57.7 Å². The highest BCUT2D eigenvalue weighted by molar-refractivity contribution is 8.01. The monoisotopic (exact) mass is 662 g/mol. The number of anilines is 3. The molecule has 3 aromatic rings. The van der Waals surface area contributed by atoms with Gasteiger partial charge in [0.2, 0.25) is 11.6 Å². The second-order valence-electron chi connectivity index (χ2n) is 9.04. The number of halogens is 1. The van der Waals surface area contributed by atoms with Gasteiger partial charge < -0.3 is 32.5 Å². The minimum Gasteiger partial charge on any atom is -0.477 e. The number of hydrogen-bond acceptors (Lipinski definition) is 13. The lowest BCUT2D eigenvalue weighted by atomic mass is 10.0. The third-order valence-corrected chi connectivity index (χ3v) is 9.52. The molecule has 0 spiro atoms. The predicted molar refractivity (Wildman–Crippen MR) is 165 cm³/mol. The number of amides is 2. The van der Waals surface area contributed by atoms with Crippen LogP contribution >= 0.6 is 46.5 Å². The highest BCUT2D eigenvalue weighted by atomic mass is 35.5. The number of hydrogen-bond donors (Lipinski definition) is 5. The third kappa shape index (κ3) is 6.20. The maximum absolute atomic E-state index is 13.2. The molecule has 224 valence electrons. The topological polar surface area (TPSA) is 216 Å². The Bertz CT molecular complexity index is 1660. The zero-order chi connectivity index (χ0) is 30.8. The lowest BCUT2D eigenvalue weighted by Gasteiger charge is -2.49. The molecule has 2 aromatic heterocycles. The van der Waals surface area contributed by atoms with Crippen LogP contribution < -0.4 is 27.1 Å². The van der Waals surface area contributed by atoms with Crippen molar-refractivity contribution in [1.82, 2.24) is 20.2 Å². The summed E-state index contributed by atoms with van der Waals surface area (Å²) >= 11 is 9.71. The summed E-state index contributed by atoms with van der Waals surface area (Å²) in [4.78, 5) is 53.5. The Morgan fingerprint density at radius 2 is 2.02 bits per heavy atom. The maximum Gasteiger partial charge on any atom is 0.352 e. The van der Waals surface area contributed by atoms with Crippen molar-refractivity contribution in [2.45, 2.75) is 23.5 Å². The molecule has 14 nitrogen and oxygen atoms in total. The van der Waals surface area contributed by atoms with Gasteiger partial charge in [-0.3, -0.25) is 14.5 Å². The first kappa shape index (κ1) is 30.4. The SMILES string of the molecule is CCO/N=C(\C(=O)NC1C(=O)N2C(C(=O)O)=C(CSc3nc(N)cc(N)[n+]3-c3ccc(Cl)cc3)CSC12)c1csc(N)n1. The number of rotatable bonds is 10. The van der Waals surface area contributed by atoms with Crippen molar-refractivity contribution in [3.63, 3.8) is 0 Å².